The van der Waals surface area contributed by atoms with Gasteiger partial charge in [0.15, 0.2) is 5.78 Å². The molecule has 3 rings (SSSR count). The number of benzene rings is 1. The fraction of sp³-hybridized carbons (Fsp3) is 0. The van der Waals surface area contributed by atoms with Crippen molar-refractivity contribution in [2.24, 2.45) is 0 Å². The molecule has 0 saturated heterocycles. The van der Waals surface area contributed by atoms with Crippen molar-refractivity contribution in [1.29, 1.82) is 0 Å². The molecule has 66 valence electrons. The van der Waals surface area contributed by atoms with E-state index in [2.05, 4.69) is 4.98 Å². The summed E-state index contributed by atoms with van der Waals surface area (Å²) in [5.74, 6) is 0.109. The molecule has 1 heterocycles. The first-order valence-electron chi connectivity index (χ1n) is 4.46. The molecule has 0 radical (unpaired) electrons. The zero-order valence-electron chi connectivity index (χ0n) is 7.40. The van der Waals surface area contributed by atoms with Gasteiger partial charge in [-0.25, -0.2) is 0 Å². The van der Waals surface area contributed by atoms with Crippen molar-refractivity contribution in [2.75, 3.05) is 0 Å². The van der Waals surface area contributed by atoms with Crippen LogP contribution in [0.4, 0.5) is 0 Å². The second kappa shape index (κ2) is 2.51. The Labute approximate surface area is 81.2 Å². The zero-order valence-corrected chi connectivity index (χ0v) is 7.40. The first-order chi connectivity index (χ1) is 6.88. The fourth-order valence-corrected chi connectivity index (χ4v) is 1.87. The number of hydrogen-bond acceptors (Lipinski definition) is 2. The first kappa shape index (κ1) is 7.44. The topological polar surface area (TPSA) is 30.0 Å². The van der Waals surface area contributed by atoms with Gasteiger partial charge in [0.05, 0.1) is 0 Å². The Balaban J connectivity index is 2.42. The van der Waals surface area contributed by atoms with Crippen molar-refractivity contribution in [1.82, 2.24) is 4.98 Å². The third-order valence-corrected chi connectivity index (χ3v) is 2.53. The summed E-state index contributed by atoms with van der Waals surface area (Å²) in [7, 11) is 0. The third kappa shape index (κ3) is 0.799. The molecule has 0 saturated carbocycles. The van der Waals surface area contributed by atoms with E-state index >= 15 is 0 Å². The van der Waals surface area contributed by atoms with E-state index in [-0.39, 0.29) is 5.78 Å². The van der Waals surface area contributed by atoms with E-state index in [1.807, 2.05) is 24.3 Å². The number of pyridine rings is 1. The van der Waals surface area contributed by atoms with Gasteiger partial charge >= 0.3 is 0 Å². The van der Waals surface area contributed by atoms with Gasteiger partial charge < -0.3 is 0 Å². The average molecular weight is 181 g/mol. The van der Waals surface area contributed by atoms with Crippen LogP contribution in [0.3, 0.4) is 0 Å². The van der Waals surface area contributed by atoms with Crippen LogP contribution in [0.5, 0.6) is 0 Å². The number of ketones is 1. The average Bonchev–Trinajstić information content (AvgIpc) is 2.55. The van der Waals surface area contributed by atoms with Crippen LogP contribution in [-0.4, -0.2) is 10.8 Å². The summed E-state index contributed by atoms with van der Waals surface area (Å²) in [6.07, 6.45) is 3.40. The van der Waals surface area contributed by atoms with Crippen molar-refractivity contribution < 1.29 is 4.79 Å². The van der Waals surface area contributed by atoms with Gasteiger partial charge in [-0.15, -0.1) is 0 Å². The van der Waals surface area contributed by atoms with Crippen molar-refractivity contribution in [3.05, 3.63) is 53.9 Å². The smallest absolute Gasteiger partial charge is 0.194 e. The third-order valence-electron chi connectivity index (χ3n) is 2.53. The minimum Gasteiger partial charge on any atom is -0.289 e. The number of nitrogens with zero attached hydrogens (tertiary/aromatic N) is 1. The SMILES string of the molecule is O=C1c2ccccc2-c2cnccc21. The van der Waals surface area contributed by atoms with E-state index in [0.717, 1.165) is 22.3 Å². The van der Waals surface area contributed by atoms with Crippen molar-refractivity contribution in [3.8, 4) is 11.1 Å². The first-order valence-corrected chi connectivity index (χ1v) is 4.46. The molecule has 0 N–H and O–H groups in total. The lowest BCUT2D eigenvalue weighted by Crippen LogP contribution is -1.94. The lowest BCUT2D eigenvalue weighted by molar-refractivity contribution is 0.104. The standard InChI is InChI=1S/C12H7NO/c14-12-9-4-2-1-3-8(9)11-7-13-6-5-10(11)12/h1-7H. The molecule has 0 unspecified atom stereocenters. The quantitative estimate of drug-likeness (QED) is 0.532. The molecular weight excluding hydrogens is 174 g/mol. The summed E-state index contributed by atoms with van der Waals surface area (Å²) in [6.45, 7) is 0. The highest BCUT2D eigenvalue weighted by Crippen LogP contribution is 2.35. The van der Waals surface area contributed by atoms with Gasteiger partial charge in [-0.2, -0.15) is 0 Å². The maximum Gasteiger partial charge on any atom is 0.194 e. The monoisotopic (exact) mass is 181 g/mol. The molecule has 0 fully saturated rings. The molecule has 0 bridgehead atoms. The van der Waals surface area contributed by atoms with Crippen LogP contribution in [0, 0.1) is 0 Å². The predicted octanol–water partition coefficient (Wildman–Crippen LogP) is 2.29. The summed E-state index contributed by atoms with van der Waals surface area (Å²) in [6, 6.07) is 9.42. The second-order valence-electron chi connectivity index (χ2n) is 3.30. The molecule has 2 aromatic rings. The number of hydrogen-bond donors (Lipinski definition) is 0. The van der Waals surface area contributed by atoms with Crippen molar-refractivity contribution >= 4 is 5.78 Å². The molecule has 1 aliphatic rings. The van der Waals surface area contributed by atoms with Gasteiger partial charge in [0.2, 0.25) is 0 Å². The van der Waals surface area contributed by atoms with Gasteiger partial charge in [0, 0.05) is 29.1 Å². The maximum atomic E-state index is 11.9. The summed E-state index contributed by atoms with van der Waals surface area (Å²) < 4.78 is 0. The Bertz CT molecular complexity index is 484. The second-order valence-corrected chi connectivity index (χ2v) is 3.30. The fourth-order valence-electron chi connectivity index (χ4n) is 1.87. The van der Waals surface area contributed by atoms with E-state index < -0.39 is 0 Å². The number of fused-ring (bicyclic) bond motifs is 3. The van der Waals surface area contributed by atoms with E-state index in [4.69, 9.17) is 0 Å². The molecule has 0 amide bonds. The Morgan fingerprint density at radius 1 is 0.857 bits per heavy atom. The highest BCUT2D eigenvalue weighted by Gasteiger charge is 2.25. The van der Waals surface area contributed by atoms with Crippen LogP contribution in [-0.2, 0) is 0 Å². The Morgan fingerprint density at radius 2 is 1.57 bits per heavy atom. The molecule has 14 heavy (non-hydrogen) atoms. The molecule has 1 aromatic carbocycles. The predicted molar refractivity (Wildman–Crippen MR) is 53.1 cm³/mol. The lowest BCUT2D eigenvalue weighted by atomic mass is 10.1. The minimum absolute atomic E-state index is 0.109. The van der Waals surface area contributed by atoms with Gasteiger partial charge in [-0.1, -0.05) is 24.3 Å². The van der Waals surface area contributed by atoms with Gasteiger partial charge in [0.1, 0.15) is 0 Å². The van der Waals surface area contributed by atoms with E-state index in [1.165, 1.54) is 0 Å². The molecule has 0 atom stereocenters. The van der Waals surface area contributed by atoms with Crippen LogP contribution >= 0.6 is 0 Å². The Kier molecular flexibility index (Phi) is 1.34. The van der Waals surface area contributed by atoms with E-state index in [0.29, 0.717) is 0 Å². The number of aromatic nitrogens is 1. The molecule has 1 aliphatic carbocycles. The van der Waals surface area contributed by atoms with Crippen LogP contribution in [0.1, 0.15) is 15.9 Å². The highest BCUT2D eigenvalue weighted by atomic mass is 16.1. The molecular formula is C12H7NO. The summed E-state index contributed by atoms with van der Waals surface area (Å²) in [4.78, 5) is 15.9. The van der Waals surface area contributed by atoms with Crippen LogP contribution in [0.15, 0.2) is 42.7 Å². The number of rotatable bonds is 0. The number of carbonyl (C=O) groups excluding carboxylic acids is 1. The van der Waals surface area contributed by atoms with Crippen LogP contribution in [0.25, 0.3) is 11.1 Å². The molecule has 2 heteroatoms. The highest BCUT2D eigenvalue weighted by molar-refractivity contribution is 6.21. The van der Waals surface area contributed by atoms with Crippen molar-refractivity contribution in [3.63, 3.8) is 0 Å². The largest absolute Gasteiger partial charge is 0.289 e. The van der Waals surface area contributed by atoms with Gasteiger partial charge in [-0.05, 0) is 11.6 Å². The molecule has 2 nitrogen and oxygen atoms in total. The molecule has 0 aliphatic heterocycles. The van der Waals surface area contributed by atoms with Gasteiger partial charge in [0.25, 0.3) is 0 Å². The maximum absolute atomic E-state index is 11.9. The van der Waals surface area contributed by atoms with E-state index in [9.17, 15) is 4.79 Å². The number of carbonyl (C=O) groups is 1. The minimum atomic E-state index is 0.109. The summed E-state index contributed by atoms with van der Waals surface area (Å²) >= 11 is 0. The Hall–Kier alpha value is -1.96. The summed E-state index contributed by atoms with van der Waals surface area (Å²) in [5.41, 5.74) is 3.51. The zero-order chi connectivity index (χ0) is 9.54. The molecule has 1 aromatic heterocycles. The summed E-state index contributed by atoms with van der Waals surface area (Å²) in [5, 5.41) is 0. The van der Waals surface area contributed by atoms with E-state index in [1.54, 1.807) is 18.5 Å². The van der Waals surface area contributed by atoms with Crippen LogP contribution in [0.2, 0.25) is 0 Å². The van der Waals surface area contributed by atoms with Crippen LogP contribution < -0.4 is 0 Å². The lowest BCUT2D eigenvalue weighted by Gasteiger charge is -1.95. The normalized spacial score (nSPS) is 12.4. The van der Waals surface area contributed by atoms with Gasteiger partial charge in [-0.3, -0.25) is 9.78 Å². The Morgan fingerprint density at radius 3 is 2.43 bits per heavy atom. The molecule has 0 spiro atoms. The van der Waals surface area contributed by atoms with Crippen molar-refractivity contribution in [2.45, 2.75) is 0 Å².